The van der Waals surface area contributed by atoms with Crippen LogP contribution in [0.25, 0.3) is 33.2 Å². The van der Waals surface area contributed by atoms with Crippen molar-refractivity contribution in [2.45, 2.75) is 105 Å². The van der Waals surface area contributed by atoms with E-state index in [4.69, 9.17) is 9.47 Å². The second-order valence-electron chi connectivity index (χ2n) is 21.5. The summed E-state index contributed by atoms with van der Waals surface area (Å²) in [6, 6.07) is 8.99. The predicted molar refractivity (Wildman–Crippen MR) is 232 cm³/mol. The lowest BCUT2D eigenvalue weighted by atomic mass is 9.33. The number of aliphatic hydroxyl groups is 2. The first-order valence-electron chi connectivity index (χ1n) is 22.5. The molecule has 0 amide bonds. The van der Waals surface area contributed by atoms with Gasteiger partial charge in [0.25, 0.3) is 0 Å². The average Bonchev–Trinajstić information content (AvgIpc) is 3.26. The summed E-state index contributed by atoms with van der Waals surface area (Å²) in [5, 5.41) is 80.2. The summed E-state index contributed by atoms with van der Waals surface area (Å²) in [7, 11) is 0. The molecule has 4 fully saturated rings. The van der Waals surface area contributed by atoms with Gasteiger partial charge in [-0.25, -0.2) is 19.6 Å². The first kappa shape index (κ1) is 42.5. The van der Waals surface area contributed by atoms with E-state index in [1.54, 1.807) is 24.3 Å². The number of carboxylic acid groups (broad SMARTS) is 1. The van der Waals surface area contributed by atoms with E-state index in [0.717, 1.165) is 18.9 Å². The Morgan fingerprint density at radius 3 is 2.17 bits per heavy atom. The Kier molecular flexibility index (Phi) is 9.14. The molecular weight excluding hydrogens is 821 g/mol. The smallest absolute Gasteiger partial charge is 0.339 e. The molecule has 6 aliphatic rings. The van der Waals surface area contributed by atoms with Crippen molar-refractivity contribution in [1.82, 2.24) is 9.97 Å². The van der Waals surface area contributed by atoms with Crippen LogP contribution in [0, 0.1) is 50.2 Å². The van der Waals surface area contributed by atoms with Gasteiger partial charge in [-0.1, -0.05) is 58.4 Å². The topological polar surface area (TPSA) is 237 Å². The summed E-state index contributed by atoms with van der Waals surface area (Å²) in [4.78, 5) is 51.8. The number of allylic oxidation sites excluding steroid dienone is 2. The molecule has 0 radical (unpaired) electrons. The number of hydrogen-bond donors (Lipinski definition) is 7. The number of hydrogen-bond acceptors (Lipinski definition) is 13. The summed E-state index contributed by atoms with van der Waals surface area (Å²) in [6.07, 6.45) is 4.90. The molecule has 0 unspecified atom stereocenters. The Labute approximate surface area is 370 Å². The van der Waals surface area contributed by atoms with Crippen LogP contribution in [-0.4, -0.2) is 89.0 Å². The number of aliphatic hydroxyl groups excluding tert-OH is 2. The van der Waals surface area contributed by atoms with Crippen molar-refractivity contribution in [2.75, 3.05) is 13.2 Å². The Balaban J connectivity index is 1.12. The molecule has 5 aliphatic carbocycles. The summed E-state index contributed by atoms with van der Waals surface area (Å²) >= 11 is 0. The van der Waals surface area contributed by atoms with E-state index in [9.17, 15) is 50.1 Å². The van der Waals surface area contributed by atoms with Gasteiger partial charge in [-0.15, -0.1) is 0 Å². The quantitative estimate of drug-likeness (QED) is 0.0441. The molecule has 3 aromatic carbocycles. The molecule has 64 heavy (non-hydrogen) atoms. The lowest BCUT2D eigenvalue weighted by Gasteiger charge is -2.71. The molecule has 4 saturated carbocycles. The minimum absolute atomic E-state index is 0.0177. The lowest BCUT2D eigenvalue weighted by Crippen LogP contribution is -2.70. The zero-order chi connectivity index (χ0) is 45.7. The molecule has 338 valence electrons. The van der Waals surface area contributed by atoms with Crippen LogP contribution in [0.4, 0.5) is 0 Å². The van der Waals surface area contributed by atoms with Gasteiger partial charge < -0.3 is 45.2 Å². The number of rotatable bonds is 2. The SMILES string of the molecule is CC1(C)CC[C@]2(C(=O)O)CC[C@]3(C)C(=CC[C@@H]4[C@@]5(C)C[C@@H](O)[C@@H]6OC(=O)c7cc8nc9ccccc9nc8c(O)c7-c7c(cc(O)c(O)c7O)C(=O)OC[C@]6(CO)[C@@H]5CC[C@]43C)[C@@H]2C1. The fourth-order valence-corrected chi connectivity index (χ4v) is 14.7. The number of phenols is 4. The molecule has 7 N–H and O–H groups in total. The van der Waals surface area contributed by atoms with Gasteiger partial charge in [-0.3, -0.25) is 4.79 Å². The third-order valence-electron chi connectivity index (χ3n) is 18.1. The van der Waals surface area contributed by atoms with E-state index >= 15 is 0 Å². The van der Waals surface area contributed by atoms with Crippen molar-refractivity contribution in [1.29, 1.82) is 0 Å². The van der Waals surface area contributed by atoms with E-state index in [2.05, 4.69) is 50.7 Å². The zero-order valence-electron chi connectivity index (χ0n) is 36.8. The number of aromatic hydroxyl groups is 4. The number of carboxylic acids is 1. The Hall–Kier alpha value is -5.47. The molecule has 1 aromatic heterocycles. The number of nitrogens with zero attached hydrogens (tertiary/aromatic N) is 2. The molecule has 10 atom stereocenters. The molecule has 10 rings (SSSR count). The van der Waals surface area contributed by atoms with E-state index in [1.165, 1.54) is 11.6 Å². The monoisotopic (exact) mass is 876 g/mol. The van der Waals surface area contributed by atoms with Crippen LogP contribution in [0.5, 0.6) is 23.0 Å². The van der Waals surface area contributed by atoms with Crippen LogP contribution in [0.1, 0.15) is 113 Å². The standard InChI is InChI=1S/C50H56N2O12/c1-45(2)14-16-49(44(61)62)17-15-47(4)26(27(49)20-45)10-11-33-46(3)21-32(55)41-50(22-53,34(46)12-13-48(33,47)5)23-63-42(59)25-19-31(54)38(56)40(58)36(25)35-24(43(60)64-41)18-30-37(39(35)57)52-29-9-7-6-8-28(29)51-30/h6-10,18-19,27,32-34,41,53-58H,11-17,20-23H2,1-5H3,(H,61,62)/t27-,32+,33+,34+,41-,46+,47+,48+,49-,50+/m0/s1. The van der Waals surface area contributed by atoms with Crippen molar-refractivity contribution in [2.24, 2.45) is 50.2 Å². The van der Waals surface area contributed by atoms with Gasteiger partial charge in [0, 0.05) is 11.1 Å². The third-order valence-corrected chi connectivity index (χ3v) is 18.1. The molecule has 4 aromatic rings. The Morgan fingerprint density at radius 1 is 0.797 bits per heavy atom. The number of para-hydroxylation sites is 2. The number of aromatic nitrogens is 2. The number of cyclic esters (lactones) is 1. The van der Waals surface area contributed by atoms with Crippen LogP contribution in [0.15, 0.2) is 48.0 Å². The number of fused-ring (bicyclic) bond motifs is 14. The van der Waals surface area contributed by atoms with Crippen molar-refractivity contribution in [3.8, 4) is 34.1 Å². The molecule has 14 heteroatoms. The summed E-state index contributed by atoms with van der Waals surface area (Å²) in [5.74, 6) is -7.24. The highest BCUT2D eigenvalue weighted by molar-refractivity contribution is 6.11. The number of carbonyl (C=O) groups is 3. The van der Waals surface area contributed by atoms with Crippen molar-refractivity contribution >= 4 is 40.0 Å². The highest BCUT2D eigenvalue weighted by Gasteiger charge is 2.72. The van der Waals surface area contributed by atoms with Gasteiger partial charge in [0.15, 0.2) is 17.2 Å². The van der Waals surface area contributed by atoms with E-state index in [-0.39, 0.29) is 45.5 Å². The molecule has 0 spiro atoms. The lowest BCUT2D eigenvalue weighted by molar-refractivity contribution is -0.256. The van der Waals surface area contributed by atoms with Gasteiger partial charge >= 0.3 is 17.9 Å². The average molecular weight is 877 g/mol. The maximum atomic E-state index is 14.9. The molecule has 1 aliphatic heterocycles. The number of carbonyl (C=O) groups excluding carboxylic acids is 2. The van der Waals surface area contributed by atoms with E-state index < -0.39 is 111 Å². The molecule has 0 saturated heterocycles. The van der Waals surface area contributed by atoms with Gasteiger partial charge in [0.1, 0.15) is 18.2 Å². The van der Waals surface area contributed by atoms with Crippen molar-refractivity contribution in [3.05, 3.63) is 59.2 Å². The Bertz CT molecular complexity index is 2750. The van der Waals surface area contributed by atoms with E-state index in [1.807, 2.05) is 0 Å². The van der Waals surface area contributed by atoms with Crippen LogP contribution in [0.3, 0.4) is 0 Å². The molecule has 0 bridgehead atoms. The number of aliphatic carboxylic acids is 1. The normalized spacial score (nSPS) is 36.5. The van der Waals surface area contributed by atoms with Crippen LogP contribution in [-0.2, 0) is 14.3 Å². The van der Waals surface area contributed by atoms with Gasteiger partial charge in [-0.05, 0) is 121 Å². The van der Waals surface area contributed by atoms with Gasteiger partial charge in [-0.2, -0.15) is 0 Å². The van der Waals surface area contributed by atoms with Gasteiger partial charge in [0.2, 0.25) is 5.75 Å². The zero-order valence-corrected chi connectivity index (χ0v) is 36.8. The Morgan fingerprint density at radius 2 is 1.47 bits per heavy atom. The van der Waals surface area contributed by atoms with Crippen LogP contribution >= 0.6 is 0 Å². The minimum Gasteiger partial charge on any atom is -0.505 e. The number of phenolic OH excluding ortho intramolecular Hbond substituents is 4. The first-order chi connectivity index (χ1) is 30.2. The molecule has 2 heterocycles. The minimum atomic E-state index is -1.58. The highest BCUT2D eigenvalue weighted by Crippen LogP contribution is 2.76. The predicted octanol–water partition coefficient (Wildman–Crippen LogP) is 7.78. The van der Waals surface area contributed by atoms with Crippen LogP contribution < -0.4 is 0 Å². The van der Waals surface area contributed by atoms with Crippen molar-refractivity contribution in [3.63, 3.8) is 0 Å². The second-order valence-corrected chi connectivity index (χ2v) is 21.5. The number of esters is 2. The fraction of sp³-hybridized carbons (Fsp3) is 0.540. The van der Waals surface area contributed by atoms with E-state index in [0.29, 0.717) is 49.6 Å². The fourth-order valence-electron chi connectivity index (χ4n) is 14.7. The first-order valence-corrected chi connectivity index (χ1v) is 22.5. The van der Waals surface area contributed by atoms with Crippen molar-refractivity contribution < 1.29 is 59.6 Å². The maximum Gasteiger partial charge on any atom is 0.339 e. The number of benzene rings is 3. The summed E-state index contributed by atoms with van der Waals surface area (Å²) in [5.41, 5.74) is -3.78. The number of ether oxygens (including phenoxy) is 2. The highest BCUT2D eigenvalue weighted by atomic mass is 16.6. The molecule has 14 nitrogen and oxygen atoms in total. The van der Waals surface area contributed by atoms with Crippen LogP contribution in [0.2, 0.25) is 0 Å². The van der Waals surface area contributed by atoms with Gasteiger partial charge in [0.05, 0.1) is 51.2 Å². The second kappa shape index (κ2) is 13.8. The maximum absolute atomic E-state index is 14.9. The third kappa shape index (κ3) is 5.47. The summed E-state index contributed by atoms with van der Waals surface area (Å²) < 4.78 is 12.5. The largest absolute Gasteiger partial charge is 0.505 e. The molecular formula is C50H56N2O12. The summed E-state index contributed by atoms with van der Waals surface area (Å²) in [6.45, 7) is 9.96.